The van der Waals surface area contributed by atoms with Crippen LogP contribution in [0.4, 0.5) is 5.69 Å². The summed E-state index contributed by atoms with van der Waals surface area (Å²) in [6.45, 7) is 7.23. The van der Waals surface area contributed by atoms with E-state index in [0.717, 1.165) is 30.5 Å². The van der Waals surface area contributed by atoms with Crippen LogP contribution in [0.25, 0.3) is 0 Å². The SMILES string of the molecule is CCC(OC)N1c2c(C=O)cccc2CN1C(C)C. The van der Waals surface area contributed by atoms with Gasteiger partial charge in [0.25, 0.3) is 0 Å². The van der Waals surface area contributed by atoms with E-state index < -0.39 is 0 Å². The molecule has 0 spiro atoms. The number of aldehydes is 1. The molecular weight excluding hydrogens is 240 g/mol. The number of hydrogen-bond acceptors (Lipinski definition) is 4. The number of ether oxygens (including phenoxy) is 1. The number of anilines is 1. The Morgan fingerprint density at radius 1 is 1.42 bits per heavy atom. The summed E-state index contributed by atoms with van der Waals surface area (Å²) >= 11 is 0. The van der Waals surface area contributed by atoms with Crippen molar-refractivity contribution >= 4 is 12.0 Å². The Labute approximate surface area is 114 Å². The lowest BCUT2D eigenvalue weighted by Gasteiger charge is -2.38. The summed E-state index contributed by atoms with van der Waals surface area (Å²) in [5.74, 6) is 0. The number of hydrazine groups is 1. The van der Waals surface area contributed by atoms with Crippen molar-refractivity contribution in [2.45, 2.75) is 46.0 Å². The van der Waals surface area contributed by atoms with Crippen molar-refractivity contribution in [1.82, 2.24) is 5.01 Å². The summed E-state index contributed by atoms with van der Waals surface area (Å²) in [5.41, 5.74) is 2.92. The number of fused-ring (bicyclic) bond motifs is 1. The fourth-order valence-corrected chi connectivity index (χ4v) is 2.67. The number of carbonyl (C=O) groups excluding carboxylic acids is 1. The maximum Gasteiger partial charge on any atom is 0.152 e. The molecule has 1 aromatic carbocycles. The minimum atomic E-state index is -0.0373. The van der Waals surface area contributed by atoms with E-state index in [-0.39, 0.29) is 6.23 Å². The first-order chi connectivity index (χ1) is 9.13. The highest BCUT2D eigenvalue weighted by Gasteiger charge is 2.35. The third-order valence-electron chi connectivity index (χ3n) is 3.61. The minimum Gasteiger partial charge on any atom is -0.360 e. The normalized spacial score (nSPS) is 16.8. The summed E-state index contributed by atoms with van der Waals surface area (Å²) in [5, 5.41) is 4.40. The van der Waals surface area contributed by atoms with E-state index in [4.69, 9.17) is 4.74 Å². The molecule has 0 saturated heterocycles. The molecular formula is C15H22N2O2. The molecule has 1 aliphatic heterocycles. The molecule has 0 aromatic heterocycles. The molecule has 0 N–H and O–H groups in total. The Kier molecular flexibility index (Phi) is 4.22. The molecule has 1 aliphatic rings. The van der Waals surface area contributed by atoms with Crippen molar-refractivity contribution in [1.29, 1.82) is 0 Å². The van der Waals surface area contributed by atoms with Crippen molar-refractivity contribution in [2.75, 3.05) is 12.1 Å². The van der Waals surface area contributed by atoms with Gasteiger partial charge < -0.3 is 4.74 Å². The number of para-hydroxylation sites is 1. The van der Waals surface area contributed by atoms with Gasteiger partial charge in [0.15, 0.2) is 6.29 Å². The summed E-state index contributed by atoms with van der Waals surface area (Å²) < 4.78 is 5.59. The lowest BCUT2D eigenvalue weighted by molar-refractivity contribution is 0.0357. The first-order valence-corrected chi connectivity index (χ1v) is 6.79. The predicted molar refractivity (Wildman–Crippen MR) is 76.1 cm³/mol. The van der Waals surface area contributed by atoms with Gasteiger partial charge in [0.2, 0.25) is 0 Å². The molecule has 2 rings (SSSR count). The second kappa shape index (κ2) is 5.72. The van der Waals surface area contributed by atoms with Crippen molar-refractivity contribution in [3.8, 4) is 0 Å². The molecule has 1 unspecified atom stereocenters. The van der Waals surface area contributed by atoms with Crippen LogP contribution in [0.2, 0.25) is 0 Å². The zero-order valence-electron chi connectivity index (χ0n) is 12.1. The third-order valence-corrected chi connectivity index (χ3v) is 3.61. The van der Waals surface area contributed by atoms with Gasteiger partial charge in [0, 0.05) is 25.3 Å². The topological polar surface area (TPSA) is 32.8 Å². The van der Waals surface area contributed by atoms with E-state index in [2.05, 4.69) is 36.9 Å². The van der Waals surface area contributed by atoms with Gasteiger partial charge in [0.1, 0.15) is 6.23 Å². The van der Waals surface area contributed by atoms with Crippen LogP contribution in [0.15, 0.2) is 18.2 Å². The highest BCUT2D eigenvalue weighted by atomic mass is 16.5. The van der Waals surface area contributed by atoms with Gasteiger partial charge in [-0.15, -0.1) is 0 Å². The highest BCUT2D eigenvalue weighted by molar-refractivity contribution is 5.86. The Bertz CT molecular complexity index is 455. The van der Waals surface area contributed by atoms with Crippen LogP contribution in [0, 0.1) is 0 Å². The Morgan fingerprint density at radius 3 is 2.68 bits per heavy atom. The number of rotatable bonds is 5. The van der Waals surface area contributed by atoms with Gasteiger partial charge in [-0.2, -0.15) is 0 Å². The maximum atomic E-state index is 11.3. The predicted octanol–water partition coefficient (Wildman–Crippen LogP) is 2.83. The van der Waals surface area contributed by atoms with Crippen LogP contribution in [0.1, 0.15) is 43.1 Å². The number of carbonyl (C=O) groups is 1. The van der Waals surface area contributed by atoms with E-state index in [9.17, 15) is 4.79 Å². The van der Waals surface area contributed by atoms with Crippen molar-refractivity contribution in [3.05, 3.63) is 29.3 Å². The summed E-state index contributed by atoms with van der Waals surface area (Å²) in [7, 11) is 1.72. The van der Waals surface area contributed by atoms with Gasteiger partial charge in [0.05, 0.1) is 5.69 Å². The quantitative estimate of drug-likeness (QED) is 0.764. The van der Waals surface area contributed by atoms with Crippen LogP contribution in [0.3, 0.4) is 0 Å². The van der Waals surface area contributed by atoms with Gasteiger partial charge >= 0.3 is 0 Å². The van der Waals surface area contributed by atoms with Crippen LogP contribution in [-0.2, 0) is 11.3 Å². The van der Waals surface area contributed by atoms with Gasteiger partial charge in [-0.05, 0) is 31.9 Å². The smallest absolute Gasteiger partial charge is 0.152 e. The zero-order valence-corrected chi connectivity index (χ0v) is 12.1. The fraction of sp³-hybridized carbons (Fsp3) is 0.533. The first kappa shape index (κ1) is 14.0. The average Bonchev–Trinajstić information content (AvgIpc) is 2.80. The standard InChI is InChI=1S/C15H22N2O2/c1-5-14(19-4)17-15-12(9-16(17)11(2)3)7-6-8-13(15)10-18/h6-8,10-11,14H,5,9H2,1-4H3. The van der Waals surface area contributed by atoms with E-state index in [1.807, 2.05) is 12.1 Å². The Morgan fingerprint density at radius 2 is 2.16 bits per heavy atom. The number of benzene rings is 1. The summed E-state index contributed by atoms with van der Waals surface area (Å²) in [6, 6.07) is 6.25. The second-order valence-electron chi connectivity index (χ2n) is 5.11. The molecule has 1 atom stereocenters. The maximum absolute atomic E-state index is 11.3. The lowest BCUT2D eigenvalue weighted by Crippen LogP contribution is -2.49. The molecule has 1 aromatic rings. The van der Waals surface area contributed by atoms with Crippen LogP contribution in [-0.4, -0.2) is 30.7 Å². The average molecular weight is 262 g/mol. The lowest BCUT2D eigenvalue weighted by atomic mass is 10.1. The molecule has 0 amide bonds. The van der Waals surface area contributed by atoms with Gasteiger partial charge in [-0.3, -0.25) is 9.80 Å². The number of methoxy groups -OCH3 is 1. The largest absolute Gasteiger partial charge is 0.360 e. The monoisotopic (exact) mass is 262 g/mol. The highest BCUT2D eigenvalue weighted by Crippen LogP contribution is 2.37. The first-order valence-electron chi connectivity index (χ1n) is 6.79. The fourth-order valence-electron chi connectivity index (χ4n) is 2.67. The van der Waals surface area contributed by atoms with Crippen LogP contribution >= 0.6 is 0 Å². The van der Waals surface area contributed by atoms with E-state index >= 15 is 0 Å². The minimum absolute atomic E-state index is 0.0373. The second-order valence-corrected chi connectivity index (χ2v) is 5.11. The van der Waals surface area contributed by atoms with Gasteiger partial charge in [-0.1, -0.05) is 19.1 Å². The molecule has 4 heteroatoms. The zero-order chi connectivity index (χ0) is 14.0. The van der Waals surface area contributed by atoms with E-state index in [0.29, 0.717) is 6.04 Å². The van der Waals surface area contributed by atoms with E-state index in [1.165, 1.54) is 5.56 Å². The van der Waals surface area contributed by atoms with Crippen molar-refractivity contribution < 1.29 is 9.53 Å². The molecule has 4 nitrogen and oxygen atoms in total. The molecule has 0 fully saturated rings. The van der Waals surface area contributed by atoms with Crippen molar-refractivity contribution in [2.24, 2.45) is 0 Å². The molecule has 19 heavy (non-hydrogen) atoms. The molecule has 1 heterocycles. The molecule has 104 valence electrons. The Balaban J connectivity index is 2.51. The Hall–Kier alpha value is -1.39. The molecule has 0 saturated carbocycles. The molecule has 0 radical (unpaired) electrons. The molecule has 0 bridgehead atoms. The van der Waals surface area contributed by atoms with E-state index in [1.54, 1.807) is 7.11 Å². The number of hydrogen-bond donors (Lipinski definition) is 0. The van der Waals surface area contributed by atoms with Crippen LogP contribution in [0.5, 0.6) is 0 Å². The number of nitrogens with zero attached hydrogens (tertiary/aromatic N) is 2. The third kappa shape index (κ3) is 2.38. The summed E-state index contributed by atoms with van der Waals surface area (Å²) in [4.78, 5) is 11.3. The van der Waals surface area contributed by atoms with Crippen molar-refractivity contribution in [3.63, 3.8) is 0 Å². The molecule has 0 aliphatic carbocycles. The van der Waals surface area contributed by atoms with Gasteiger partial charge in [-0.25, -0.2) is 5.01 Å². The summed E-state index contributed by atoms with van der Waals surface area (Å²) in [6.07, 6.45) is 1.76. The van der Waals surface area contributed by atoms with Crippen LogP contribution < -0.4 is 5.01 Å².